The zero-order valence-electron chi connectivity index (χ0n) is 16.6. The van der Waals surface area contributed by atoms with E-state index in [0.717, 1.165) is 0 Å². The lowest BCUT2D eigenvalue weighted by atomic mass is 10.2. The number of nitro benzene ring substituents is 1. The van der Waals surface area contributed by atoms with Crippen LogP contribution in [0.4, 0.5) is 22.1 Å². The maximum Gasteiger partial charge on any atom is 0.319 e. The molecule has 2 heterocycles. The van der Waals surface area contributed by atoms with Gasteiger partial charge < -0.3 is 20.4 Å². The molecule has 2 N–H and O–H groups in total. The molecule has 0 atom stereocenters. The van der Waals surface area contributed by atoms with Crippen LogP contribution in [-0.2, 0) is 4.79 Å². The number of anilines is 2. The molecule has 0 saturated carbocycles. The topological polar surface area (TPSA) is 134 Å². The summed E-state index contributed by atoms with van der Waals surface area (Å²) < 4.78 is 0. The Kier molecular flexibility index (Phi) is 6.73. The van der Waals surface area contributed by atoms with Crippen LogP contribution in [0.3, 0.4) is 0 Å². The van der Waals surface area contributed by atoms with E-state index in [0.29, 0.717) is 43.4 Å². The summed E-state index contributed by atoms with van der Waals surface area (Å²) in [5.74, 6) is 0.606. The van der Waals surface area contributed by atoms with Crippen molar-refractivity contribution < 1.29 is 14.5 Å². The molecule has 11 nitrogen and oxygen atoms in total. The number of aromatic nitrogens is 2. The van der Waals surface area contributed by atoms with Crippen molar-refractivity contribution in [2.24, 2.45) is 0 Å². The molecule has 0 aliphatic carbocycles. The van der Waals surface area contributed by atoms with E-state index >= 15 is 0 Å². The second-order valence-corrected chi connectivity index (χ2v) is 6.81. The molecule has 1 saturated heterocycles. The molecule has 3 rings (SSSR count). The second kappa shape index (κ2) is 9.63. The molecular weight excluding hydrogens is 390 g/mol. The largest absolute Gasteiger partial charge is 0.339 e. The van der Waals surface area contributed by atoms with Gasteiger partial charge in [-0.05, 0) is 19.1 Å². The van der Waals surface area contributed by atoms with Crippen molar-refractivity contribution in [3.63, 3.8) is 0 Å². The lowest BCUT2D eigenvalue weighted by molar-refractivity contribution is -0.385. The van der Waals surface area contributed by atoms with Gasteiger partial charge in [0.2, 0.25) is 11.9 Å². The van der Waals surface area contributed by atoms with Crippen molar-refractivity contribution in [1.29, 1.82) is 0 Å². The van der Waals surface area contributed by atoms with E-state index in [2.05, 4.69) is 20.6 Å². The average Bonchev–Trinajstić information content (AvgIpc) is 2.75. The molecule has 0 unspecified atom stereocenters. The highest BCUT2D eigenvalue weighted by Crippen LogP contribution is 2.22. The smallest absolute Gasteiger partial charge is 0.319 e. The Balaban J connectivity index is 1.40. The van der Waals surface area contributed by atoms with Crippen molar-refractivity contribution >= 4 is 29.3 Å². The summed E-state index contributed by atoms with van der Waals surface area (Å²) in [4.78, 5) is 47.1. The number of hydrogen-bond donors (Lipinski definition) is 2. The molecule has 1 aromatic carbocycles. The number of urea groups is 1. The molecule has 1 aliphatic rings. The molecule has 30 heavy (non-hydrogen) atoms. The summed E-state index contributed by atoms with van der Waals surface area (Å²) in [6.45, 7) is 4.22. The third-order valence-electron chi connectivity index (χ3n) is 4.76. The first-order chi connectivity index (χ1) is 14.4. The van der Waals surface area contributed by atoms with E-state index in [4.69, 9.17) is 0 Å². The van der Waals surface area contributed by atoms with Crippen LogP contribution in [0.5, 0.6) is 0 Å². The van der Waals surface area contributed by atoms with Gasteiger partial charge in [0.15, 0.2) is 0 Å². The molecule has 11 heteroatoms. The molecule has 0 radical (unpaired) electrons. The van der Waals surface area contributed by atoms with Gasteiger partial charge in [-0.15, -0.1) is 0 Å². The Bertz CT molecular complexity index is 914. The van der Waals surface area contributed by atoms with Crippen molar-refractivity contribution in [3.8, 4) is 0 Å². The second-order valence-electron chi connectivity index (χ2n) is 6.81. The van der Waals surface area contributed by atoms with Gasteiger partial charge in [0, 0.05) is 68.9 Å². The number of carbonyl (C=O) groups is 2. The van der Waals surface area contributed by atoms with E-state index in [1.165, 1.54) is 6.07 Å². The fourth-order valence-corrected chi connectivity index (χ4v) is 3.11. The highest BCUT2D eigenvalue weighted by Gasteiger charge is 2.22. The lowest BCUT2D eigenvalue weighted by Crippen LogP contribution is -2.49. The zero-order valence-corrected chi connectivity index (χ0v) is 16.6. The Morgan fingerprint density at radius 2 is 1.87 bits per heavy atom. The third-order valence-corrected chi connectivity index (χ3v) is 4.76. The van der Waals surface area contributed by atoms with Crippen molar-refractivity contribution in [2.45, 2.75) is 13.3 Å². The van der Waals surface area contributed by atoms with Crippen LogP contribution in [-0.4, -0.2) is 64.5 Å². The third kappa shape index (κ3) is 5.40. The van der Waals surface area contributed by atoms with Gasteiger partial charge in [-0.1, -0.05) is 6.07 Å². The van der Waals surface area contributed by atoms with Crippen LogP contribution in [0.1, 0.15) is 12.0 Å². The summed E-state index contributed by atoms with van der Waals surface area (Å²) in [5.41, 5.74) is 0.758. The summed E-state index contributed by atoms with van der Waals surface area (Å²) in [6, 6.07) is 5.69. The van der Waals surface area contributed by atoms with Gasteiger partial charge in [-0.3, -0.25) is 14.9 Å². The first-order valence-corrected chi connectivity index (χ1v) is 9.53. The lowest BCUT2D eigenvalue weighted by Gasteiger charge is -2.34. The fraction of sp³-hybridized carbons (Fsp3) is 0.368. The summed E-state index contributed by atoms with van der Waals surface area (Å²) in [5, 5.41) is 16.1. The van der Waals surface area contributed by atoms with Crippen LogP contribution in [0.2, 0.25) is 0 Å². The zero-order chi connectivity index (χ0) is 21.5. The Hall–Kier alpha value is -3.76. The predicted molar refractivity (Wildman–Crippen MR) is 110 cm³/mol. The van der Waals surface area contributed by atoms with Gasteiger partial charge in [0.25, 0.3) is 5.69 Å². The highest BCUT2D eigenvalue weighted by molar-refractivity contribution is 5.90. The molecule has 1 aromatic heterocycles. The molecule has 0 spiro atoms. The number of nitro groups is 1. The molecule has 1 fully saturated rings. The number of carbonyl (C=O) groups excluding carboxylic acids is 2. The normalized spacial score (nSPS) is 13.6. The maximum atomic E-state index is 12.4. The minimum atomic E-state index is -0.521. The average molecular weight is 413 g/mol. The maximum absolute atomic E-state index is 12.4. The van der Waals surface area contributed by atoms with Crippen LogP contribution in [0, 0.1) is 17.0 Å². The first kappa shape index (κ1) is 21.0. The van der Waals surface area contributed by atoms with Crippen LogP contribution < -0.4 is 15.5 Å². The number of aryl methyl sites for hydroxylation is 1. The van der Waals surface area contributed by atoms with Gasteiger partial charge in [0.1, 0.15) is 0 Å². The molecule has 0 bridgehead atoms. The number of nitrogens with one attached hydrogen (secondary N) is 2. The number of benzene rings is 1. The summed E-state index contributed by atoms with van der Waals surface area (Å²) in [6.07, 6.45) is 3.54. The molecule has 3 amide bonds. The van der Waals surface area contributed by atoms with Crippen molar-refractivity contribution in [2.75, 3.05) is 42.9 Å². The standard InChI is InChI=1S/C19H23N7O4/c1-14-3-4-15(13-16(14)26(29)30)23-19(28)22-8-5-17(27)24-9-11-25(12-10-24)18-20-6-2-7-21-18/h2-4,6-7,13H,5,8-12H2,1H3,(H2,22,23,28). The van der Waals surface area contributed by atoms with Crippen LogP contribution in [0.15, 0.2) is 36.7 Å². The fourth-order valence-electron chi connectivity index (χ4n) is 3.11. The van der Waals surface area contributed by atoms with E-state index in [1.54, 1.807) is 42.4 Å². The van der Waals surface area contributed by atoms with E-state index in [1.807, 2.05) is 4.90 Å². The van der Waals surface area contributed by atoms with Crippen LogP contribution >= 0.6 is 0 Å². The van der Waals surface area contributed by atoms with Crippen molar-refractivity contribution in [1.82, 2.24) is 20.2 Å². The minimum absolute atomic E-state index is 0.0464. The van der Waals surface area contributed by atoms with Gasteiger partial charge >= 0.3 is 6.03 Å². The molecule has 158 valence electrons. The highest BCUT2D eigenvalue weighted by atomic mass is 16.6. The quantitative estimate of drug-likeness (QED) is 0.542. The Morgan fingerprint density at radius 1 is 1.17 bits per heavy atom. The Morgan fingerprint density at radius 3 is 2.53 bits per heavy atom. The molecule has 1 aliphatic heterocycles. The number of rotatable bonds is 6. The van der Waals surface area contributed by atoms with E-state index in [9.17, 15) is 19.7 Å². The Labute approximate surface area is 173 Å². The van der Waals surface area contributed by atoms with Gasteiger partial charge in [-0.25, -0.2) is 14.8 Å². The minimum Gasteiger partial charge on any atom is -0.339 e. The van der Waals surface area contributed by atoms with Gasteiger partial charge in [0.05, 0.1) is 4.92 Å². The molecule has 2 aromatic rings. The van der Waals surface area contributed by atoms with E-state index in [-0.39, 0.29) is 24.6 Å². The predicted octanol–water partition coefficient (Wildman–Crippen LogP) is 1.55. The van der Waals surface area contributed by atoms with Crippen LogP contribution in [0.25, 0.3) is 0 Å². The monoisotopic (exact) mass is 413 g/mol. The van der Waals surface area contributed by atoms with Crippen molar-refractivity contribution in [3.05, 3.63) is 52.3 Å². The molecular formula is C19H23N7O4. The summed E-state index contributed by atoms with van der Waals surface area (Å²) in [7, 11) is 0. The number of piperazine rings is 1. The first-order valence-electron chi connectivity index (χ1n) is 9.53. The summed E-state index contributed by atoms with van der Waals surface area (Å²) >= 11 is 0. The number of hydrogen-bond acceptors (Lipinski definition) is 7. The van der Waals surface area contributed by atoms with Gasteiger partial charge in [-0.2, -0.15) is 0 Å². The number of amides is 3. The SMILES string of the molecule is Cc1ccc(NC(=O)NCCC(=O)N2CCN(c3ncccn3)CC2)cc1[N+](=O)[O-]. The van der Waals surface area contributed by atoms with E-state index < -0.39 is 11.0 Å². The number of nitrogens with zero attached hydrogens (tertiary/aromatic N) is 5.